The molecule has 0 aromatic carbocycles. The van der Waals surface area contributed by atoms with Crippen LogP contribution in [0, 0.1) is 13.8 Å². The fourth-order valence-corrected chi connectivity index (χ4v) is 2.48. The van der Waals surface area contributed by atoms with Crippen LogP contribution in [0.15, 0.2) is 6.20 Å². The van der Waals surface area contributed by atoms with Gasteiger partial charge >= 0.3 is 0 Å². The van der Waals surface area contributed by atoms with Gasteiger partial charge in [-0.05, 0) is 20.1 Å². The topological polar surface area (TPSA) is 48.5 Å². The van der Waals surface area contributed by atoms with Gasteiger partial charge in [0.15, 0.2) is 0 Å². The lowest BCUT2D eigenvalue weighted by molar-refractivity contribution is 0.481. The van der Waals surface area contributed by atoms with E-state index in [9.17, 15) is 0 Å². The van der Waals surface area contributed by atoms with E-state index in [4.69, 9.17) is 11.6 Å². The lowest BCUT2D eigenvalue weighted by Crippen LogP contribution is -2.10. The van der Waals surface area contributed by atoms with Gasteiger partial charge in [0.2, 0.25) is 0 Å². The lowest BCUT2D eigenvalue weighted by Gasteiger charge is -2.04. The van der Waals surface area contributed by atoms with Gasteiger partial charge in [-0.2, -0.15) is 16.9 Å². The third kappa shape index (κ3) is 3.55. The maximum atomic E-state index is 6.14. The summed E-state index contributed by atoms with van der Waals surface area (Å²) < 4.78 is 3.79. The van der Waals surface area contributed by atoms with Crippen LogP contribution >= 0.6 is 23.4 Å². The number of rotatable bonds is 6. The van der Waals surface area contributed by atoms with Crippen molar-refractivity contribution in [1.29, 1.82) is 0 Å². The molecule has 0 aliphatic heterocycles. The zero-order chi connectivity index (χ0) is 14.7. The Balaban J connectivity index is 1.95. The van der Waals surface area contributed by atoms with Crippen molar-refractivity contribution in [3.05, 3.63) is 28.3 Å². The largest absolute Gasteiger partial charge is 0.266 e. The van der Waals surface area contributed by atoms with Crippen LogP contribution in [0.1, 0.15) is 24.0 Å². The minimum Gasteiger partial charge on any atom is -0.266 e. The molecule has 0 N–H and O–H groups in total. The van der Waals surface area contributed by atoms with E-state index in [0.29, 0.717) is 5.25 Å². The first-order chi connectivity index (χ1) is 9.51. The third-order valence-corrected chi connectivity index (χ3v) is 4.84. The Hall–Kier alpha value is -1.01. The highest BCUT2D eigenvalue weighted by atomic mass is 35.5. The summed E-state index contributed by atoms with van der Waals surface area (Å²) in [5, 5.41) is 14.1. The maximum Gasteiger partial charge on any atom is 0.0844 e. The van der Waals surface area contributed by atoms with Gasteiger partial charge in [-0.15, -0.1) is 5.10 Å². The summed E-state index contributed by atoms with van der Waals surface area (Å²) in [6.07, 6.45) is 5.08. The van der Waals surface area contributed by atoms with E-state index in [2.05, 4.69) is 28.6 Å². The van der Waals surface area contributed by atoms with Gasteiger partial charge < -0.3 is 0 Å². The molecule has 0 saturated carbocycles. The second-order valence-corrected chi connectivity index (χ2v) is 6.59. The monoisotopic (exact) mass is 313 g/mol. The Morgan fingerprint density at radius 3 is 2.70 bits per heavy atom. The molecule has 0 fully saturated rings. The summed E-state index contributed by atoms with van der Waals surface area (Å²) in [5.74, 6) is 0. The van der Waals surface area contributed by atoms with Gasteiger partial charge in [-0.3, -0.25) is 9.36 Å². The van der Waals surface area contributed by atoms with Crippen LogP contribution in [0.4, 0.5) is 0 Å². The SMILES string of the molecule is CSC(C)Cc1cn(CCn2nc(C)c(Cl)c2C)nn1. The van der Waals surface area contributed by atoms with Gasteiger partial charge in [0, 0.05) is 17.9 Å². The second kappa shape index (κ2) is 6.63. The molecule has 1 atom stereocenters. The van der Waals surface area contributed by atoms with Crippen molar-refractivity contribution < 1.29 is 0 Å². The van der Waals surface area contributed by atoms with Crippen molar-refractivity contribution in [3.8, 4) is 0 Å². The summed E-state index contributed by atoms with van der Waals surface area (Å²) in [5.41, 5.74) is 2.91. The fraction of sp³-hybridized carbons (Fsp3) is 0.615. The minimum absolute atomic E-state index is 0.565. The van der Waals surface area contributed by atoms with Gasteiger partial charge in [0.25, 0.3) is 0 Å². The number of aryl methyl sites for hydroxylation is 3. The average molecular weight is 314 g/mol. The molecule has 110 valence electrons. The van der Waals surface area contributed by atoms with Crippen molar-refractivity contribution >= 4 is 23.4 Å². The van der Waals surface area contributed by atoms with Crippen LogP contribution in [0.5, 0.6) is 0 Å². The van der Waals surface area contributed by atoms with Gasteiger partial charge in [0.1, 0.15) is 0 Å². The standard InChI is InChI=1S/C13H20ClN5S/c1-9(20-4)7-12-8-18(17-15-12)5-6-19-11(3)13(14)10(2)16-19/h8-9H,5-7H2,1-4H3. The lowest BCUT2D eigenvalue weighted by atomic mass is 10.3. The molecule has 0 amide bonds. The number of nitrogens with zero attached hydrogens (tertiary/aromatic N) is 5. The van der Waals surface area contributed by atoms with Crippen LogP contribution in [0.3, 0.4) is 0 Å². The van der Waals surface area contributed by atoms with Crippen molar-refractivity contribution in [2.45, 2.75) is 45.5 Å². The molecule has 0 bridgehead atoms. The molecule has 1 unspecified atom stereocenters. The number of hydrogen-bond acceptors (Lipinski definition) is 4. The Bertz CT molecular complexity index is 577. The highest BCUT2D eigenvalue weighted by molar-refractivity contribution is 7.99. The second-order valence-electron chi connectivity index (χ2n) is 4.93. The van der Waals surface area contributed by atoms with Crippen molar-refractivity contribution in [2.75, 3.05) is 6.26 Å². The number of aromatic nitrogens is 5. The van der Waals surface area contributed by atoms with Crippen LogP contribution in [-0.4, -0.2) is 36.3 Å². The zero-order valence-corrected chi connectivity index (χ0v) is 13.9. The van der Waals surface area contributed by atoms with Crippen molar-refractivity contribution in [1.82, 2.24) is 24.8 Å². The molecular formula is C13H20ClN5S. The molecule has 0 aliphatic rings. The van der Waals surface area contributed by atoms with E-state index in [1.165, 1.54) is 0 Å². The molecule has 2 aromatic heterocycles. The van der Waals surface area contributed by atoms with Gasteiger partial charge in [0.05, 0.1) is 35.2 Å². The first kappa shape index (κ1) is 15.4. The Labute approximate surface area is 128 Å². The third-order valence-electron chi connectivity index (χ3n) is 3.32. The predicted molar refractivity (Wildman–Crippen MR) is 83.4 cm³/mol. The van der Waals surface area contributed by atoms with E-state index >= 15 is 0 Å². The molecule has 2 aromatic rings. The summed E-state index contributed by atoms with van der Waals surface area (Å²) in [7, 11) is 0. The van der Waals surface area contributed by atoms with E-state index in [-0.39, 0.29) is 0 Å². The molecule has 20 heavy (non-hydrogen) atoms. The van der Waals surface area contributed by atoms with Crippen LogP contribution < -0.4 is 0 Å². The van der Waals surface area contributed by atoms with Crippen molar-refractivity contribution in [3.63, 3.8) is 0 Å². The van der Waals surface area contributed by atoms with Gasteiger partial charge in [-0.25, -0.2) is 0 Å². The van der Waals surface area contributed by atoms with E-state index in [0.717, 1.165) is 41.6 Å². The smallest absolute Gasteiger partial charge is 0.0844 e. The zero-order valence-electron chi connectivity index (χ0n) is 12.3. The number of hydrogen-bond donors (Lipinski definition) is 0. The summed E-state index contributed by atoms with van der Waals surface area (Å²) in [6.45, 7) is 7.60. The highest BCUT2D eigenvalue weighted by Crippen LogP contribution is 2.18. The average Bonchev–Trinajstić information content (AvgIpc) is 2.97. The van der Waals surface area contributed by atoms with Crippen LogP contribution in [0.2, 0.25) is 5.02 Å². The molecule has 0 aliphatic carbocycles. The van der Waals surface area contributed by atoms with Gasteiger partial charge in [-0.1, -0.05) is 23.7 Å². The van der Waals surface area contributed by atoms with Crippen LogP contribution in [0.25, 0.3) is 0 Å². The highest BCUT2D eigenvalue weighted by Gasteiger charge is 2.10. The molecular weight excluding hydrogens is 294 g/mol. The quantitative estimate of drug-likeness (QED) is 0.823. The summed E-state index contributed by atoms with van der Waals surface area (Å²) in [4.78, 5) is 0. The van der Waals surface area contributed by atoms with E-state index in [1.807, 2.05) is 41.2 Å². The minimum atomic E-state index is 0.565. The Kier molecular flexibility index (Phi) is 5.10. The normalized spacial score (nSPS) is 12.8. The summed E-state index contributed by atoms with van der Waals surface area (Å²) >= 11 is 7.98. The number of thioether (sulfide) groups is 1. The number of halogens is 1. The molecule has 5 nitrogen and oxygen atoms in total. The Morgan fingerprint density at radius 1 is 1.35 bits per heavy atom. The maximum absolute atomic E-state index is 6.14. The molecule has 0 radical (unpaired) electrons. The molecule has 2 heterocycles. The summed E-state index contributed by atoms with van der Waals surface area (Å²) in [6, 6.07) is 0. The van der Waals surface area contributed by atoms with Crippen molar-refractivity contribution in [2.24, 2.45) is 0 Å². The van der Waals surface area contributed by atoms with E-state index < -0.39 is 0 Å². The Morgan fingerprint density at radius 2 is 2.10 bits per heavy atom. The first-order valence-corrected chi connectivity index (χ1v) is 8.29. The first-order valence-electron chi connectivity index (χ1n) is 6.62. The molecule has 2 rings (SSSR count). The molecule has 0 spiro atoms. The van der Waals surface area contributed by atoms with E-state index in [1.54, 1.807) is 0 Å². The fourth-order valence-electron chi connectivity index (χ4n) is 2.01. The van der Waals surface area contributed by atoms with Crippen LogP contribution in [-0.2, 0) is 19.5 Å². The predicted octanol–water partition coefficient (Wildman–Crippen LogP) is 2.74. The molecule has 7 heteroatoms. The molecule has 0 saturated heterocycles.